The van der Waals surface area contributed by atoms with E-state index in [0.717, 1.165) is 65.1 Å². The largest absolute Gasteiger partial charge is 0.0654 e. The normalized spacial score (nSPS) is 45.3. The zero-order valence-corrected chi connectivity index (χ0v) is 21.0. The smallest absolute Gasteiger partial charge is 0.0321 e. The first kappa shape index (κ1) is 24.3. The average molecular weight is 391 g/mol. The SMILES string of the molecule is CCCC(CC)C1C(C)CC(C)C(CC)C(CCC)C(C)C2C(C)C2C1CC. The lowest BCUT2D eigenvalue weighted by molar-refractivity contribution is 0.0548. The first-order chi connectivity index (χ1) is 13.4. The molecule has 166 valence electrons. The van der Waals surface area contributed by atoms with Crippen LogP contribution in [-0.2, 0) is 0 Å². The predicted octanol–water partition coefficient (Wildman–Crippen LogP) is 9.09. The van der Waals surface area contributed by atoms with Gasteiger partial charge in [-0.1, -0.05) is 107 Å². The Balaban J connectivity index is 2.42. The number of rotatable bonds is 8. The van der Waals surface area contributed by atoms with Gasteiger partial charge in [0.2, 0.25) is 0 Å². The van der Waals surface area contributed by atoms with Gasteiger partial charge in [-0.05, 0) is 71.5 Å². The van der Waals surface area contributed by atoms with Crippen LogP contribution in [0.4, 0.5) is 0 Å². The standard InChI is InChI=1S/C28H54/c1-10-15-22(12-3)26-19(7)17-18(6)23(13-4)25(16-11-2)20(8)27-21(9)28(27)24(26)14-5/h18-28H,10-17H2,1-9H3. The van der Waals surface area contributed by atoms with E-state index in [1.807, 2.05) is 0 Å². The van der Waals surface area contributed by atoms with E-state index in [4.69, 9.17) is 0 Å². The molecule has 0 N–H and O–H groups in total. The van der Waals surface area contributed by atoms with Gasteiger partial charge in [-0.15, -0.1) is 0 Å². The highest BCUT2D eigenvalue weighted by Crippen LogP contribution is 2.62. The minimum absolute atomic E-state index is 0.892. The van der Waals surface area contributed by atoms with Crippen molar-refractivity contribution in [3.05, 3.63) is 0 Å². The summed E-state index contributed by atoms with van der Waals surface area (Å²) in [6, 6.07) is 0. The molecule has 0 heterocycles. The Hall–Kier alpha value is 0. The van der Waals surface area contributed by atoms with E-state index in [9.17, 15) is 0 Å². The lowest BCUT2D eigenvalue weighted by Crippen LogP contribution is -2.36. The van der Waals surface area contributed by atoms with E-state index in [1.165, 1.54) is 51.4 Å². The zero-order chi connectivity index (χ0) is 21.0. The molecule has 0 aromatic carbocycles. The Labute approximate surface area is 179 Å². The van der Waals surface area contributed by atoms with Crippen LogP contribution in [0.5, 0.6) is 0 Å². The molecule has 11 unspecified atom stereocenters. The van der Waals surface area contributed by atoms with E-state index < -0.39 is 0 Å². The summed E-state index contributed by atoms with van der Waals surface area (Å²) in [6.07, 6.45) is 11.3. The molecule has 0 radical (unpaired) electrons. The number of fused-ring (bicyclic) bond motifs is 1. The van der Waals surface area contributed by atoms with Crippen molar-refractivity contribution in [2.24, 2.45) is 65.1 Å². The van der Waals surface area contributed by atoms with Gasteiger partial charge in [-0.2, -0.15) is 0 Å². The van der Waals surface area contributed by atoms with Crippen molar-refractivity contribution < 1.29 is 0 Å². The van der Waals surface area contributed by atoms with Gasteiger partial charge in [-0.3, -0.25) is 0 Å². The summed E-state index contributed by atoms with van der Waals surface area (Å²) >= 11 is 0. The quantitative estimate of drug-likeness (QED) is 0.387. The molecule has 2 fully saturated rings. The van der Waals surface area contributed by atoms with E-state index in [0.29, 0.717) is 0 Å². The third-order valence-corrected chi connectivity index (χ3v) is 9.76. The fraction of sp³-hybridized carbons (Fsp3) is 1.00. The molecule has 28 heavy (non-hydrogen) atoms. The van der Waals surface area contributed by atoms with Crippen molar-refractivity contribution in [3.63, 3.8) is 0 Å². The molecule has 0 spiro atoms. The number of hydrogen-bond acceptors (Lipinski definition) is 0. The average Bonchev–Trinajstić information content (AvgIpc) is 3.33. The monoisotopic (exact) mass is 390 g/mol. The summed E-state index contributed by atoms with van der Waals surface area (Å²) in [5.41, 5.74) is 0. The minimum Gasteiger partial charge on any atom is -0.0654 e. The summed E-state index contributed by atoms with van der Waals surface area (Å²) in [5, 5.41) is 0. The molecule has 2 aliphatic carbocycles. The van der Waals surface area contributed by atoms with Crippen LogP contribution in [0.1, 0.15) is 114 Å². The van der Waals surface area contributed by atoms with Crippen LogP contribution in [0, 0.1) is 65.1 Å². The molecule has 0 aliphatic heterocycles. The van der Waals surface area contributed by atoms with Crippen LogP contribution in [0.3, 0.4) is 0 Å². The summed E-state index contributed by atoms with van der Waals surface area (Å²) in [5.74, 6) is 10.5. The molecule has 0 aromatic rings. The summed E-state index contributed by atoms with van der Waals surface area (Å²) in [6.45, 7) is 22.8. The second kappa shape index (κ2) is 10.9. The van der Waals surface area contributed by atoms with Crippen LogP contribution < -0.4 is 0 Å². The van der Waals surface area contributed by atoms with Gasteiger partial charge in [0.1, 0.15) is 0 Å². The molecule has 0 heteroatoms. The third kappa shape index (κ3) is 4.83. The summed E-state index contributed by atoms with van der Waals surface area (Å²) < 4.78 is 0. The van der Waals surface area contributed by atoms with Crippen LogP contribution in [0.15, 0.2) is 0 Å². The Kier molecular flexibility index (Phi) is 9.41. The molecule has 2 aliphatic rings. The van der Waals surface area contributed by atoms with Crippen LogP contribution >= 0.6 is 0 Å². The first-order valence-electron chi connectivity index (χ1n) is 13.4. The van der Waals surface area contributed by atoms with Crippen molar-refractivity contribution in [1.82, 2.24) is 0 Å². The van der Waals surface area contributed by atoms with Gasteiger partial charge in [0.15, 0.2) is 0 Å². The van der Waals surface area contributed by atoms with Gasteiger partial charge in [0, 0.05) is 0 Å². The molecule has 0 aromatic heterocycles. The van der Waals surface area contributed by atoms with E-state index in [-0.39, 0.29) is 0 Å². The highest BCUT2D eigenvalue weighted by Gasteiger charge is 2.57. The van der Waals surface area contributed by atoms with E-state index in [1.54, 1.807) is 0 Å². The predicted molar refractivity (Wildman–Crippen MR) is 126 cm³/mol. The van der Waals surface area contributed by atoms with E-state index in [2.05, 4.69) is 62.3 Å². The third-order valence-electron chi connectivity index (χ3n) is 9.76. The molecular formula is C28H54. The Morgan fingerprint density at radius 2 is 1.32 bits per heavy atom. The van der Waals surface area contributed by atoms with E-state index >= 15 is 0 Å². The zero-order valence-electron chi connectivity index (χ0n) is 21.0. The molecule has 2 saturated carbocycles. The van der Waals surface area contributed by atoms with Gasteiger partial charge in [-0.25, -0.2) is 0 Å². The Morgan fingerprint density at radius 3 is 1.82 bits per heavy atom. The van der Waals surface area contributed by atoms with Crippen molar-refractivity contribution in [1.29, 1.82) is 0 Å². The van der Waals surface area contributed by atoms with Crippen LogP contribution in [-0.4, -0.2) is 0 Å². The maximum atomic E-state index is 2.66. The lowest BCUT2D eigenvalue weighted by Gasteiger charge is -2.43. The fourth-order valence-electron chi connectivity index (χ4n) is 8.64. The number of hydrogen-bond donors (Lipinski definition) is 0. The molecule has 2 rings (SSSR count). The molecule has 0 saturated heterocycles. The van der Waals surface area contributed by atoms with Crippen molar-refractivity contribution >= 4 is 0 Å². The molecule has 11 atom stereocenters. The van der Waals surface area contributed by atoms with Gasteiger partial charge >= 0.3 is 0 Å². The van der Waals surface area contributed by atoms with Crippen molar-refractivity contribution in [2.45, 2.75) is 114 Å². The highest BCUT2D eigenvalue weighted by molar-refractivity contribution is 5.05. The maximum Gasteiger partial charge on any atom is -0.0321 e. The van der Waals surface area contributed by atoms with Gasteiger partial charge in [0.05, 0.1) is 0 Å². The van der Waals surface area contributed by atoms with Gasteiger partial charge in [0.25, 0.3) is 0 Å². The molecular weight excluding hydrogens is 336 g/mol. The molecule has 0 bridgehead atoms. The maximum absolute atomic E-state index is 2.66. The Morgan fingerprint density at radius 1 is 0.679 bits per heavy atom. The Bertz CT molecular complexity index is 439. The second-order valence-corrected chi connectivity index (χ2v) is 11.2. The minimum atomic E-state index is 0.892. The van der Waals surface area contributed by atoms with Gasteiger partial charge < -0.3 is 0 Å². The second-order valence-electron chi connectivity index (χ2n) is 11.2. The van der Waals surface area contributed by atoms with Crippen LogP contribution in [0.2, 0.25) is 0 Å². The lowest BCUT2D eigenvalue weighted by atomic mass is 9.62. The van der Waals surface area contributed by atoms with Crippen molar-refractivity contribution in [3.8, 4) is 0 Å². The highest BCUT2D eigenvalue weighted by atomic mass is 14.6. The molecule has 0 nitrogen and oxygen atoms in total. The summed E-state index contributed by atoms with van der Waals surface area (Å²) in [4.78, 5) is 0. The van der Waals surface area contributed by atoms with Crippen LogP contribution in [0.25, 0.3) is 0 Å². The molecule has 0 amide bonds. The first-order valence-corrected chi connectivity index (χ1v) is 13.4. The topological polar surface area (TPSA) is 0 Å². The fourth-order valence-corrected chi connectivity index (χ4v) is 8.64. The van der Waals surface area contributed by atoms with Crippen molar-refractivity contribution in [2.75, 3.05) is 0 Å². The summed E-state index contributed by atoms with van der Waals surface area (Å²) in [7, 11) is 0.